The van der Waals surface area contributed by atoms with Crippen molar-refractivity contribution < 1.29 is 17.7 Å². The van der Waals surface area contributed by atoms with Crippen molar-refractivity contribution in [3.63, 3.8) is 0 Å². The quantitative estimate of drug-likeness (QED) is 0.518. The van der Waals surface area contributed by atoms with Crippen molar-refractivity contribution >= 4 is 27.3 Å². The van der Waals surface area contributed by atoms with Crippen LogP contribution in [0.3, 0.4) is 0 Å². The van der Waals surface area contributed by atoms with E-state index in [1.165, 1.54) is 15.6 Å². The molecule has 1 N–H and O–H groups in total. The van der Waals surface area contributed by atoms with Gasteiger partial charge in [-0.3, -0.25) is 4.79 Å². The number of thiophene rings is 1. The fourth-order valence-electron chi connectivity index (χ4n) is 4.05. The van der Waals surface area contributed by atoms with E-state index in [2.05, 4.69) is 15.5 Å². The van der Waals surface area contributed by atoms with Gasteiger partial charge in [-0.05, 0) is 38.3 Å². The molecule has 0 aliphatic carbocycles. The minimum absolute atomic E-state index is 0.0226. The van der Waals surface area contributed by atoms with E-state index in [0.29, 0.717) is 53.9 Å². The molecule has 0 saturated carbocycles. The second-order valence-electron chi connectivity index (χ2n) is 9.03. The maximum Gasteiger partial charge on any atom is 0.244 e. The predicted octanol–water partition coefficient (Wildman–Crippen LogP) is 4.26. The van der Waals surface area contributed by atoms with E-state index < -0.39 is 10.0 Å². The molecule has 1 aliphatic rings. The summed E-state index contributed by atoms with van der Waals surface area (Å²) in [6.45, 7) is 8.83. The van der Waals surface area contributed by atoms with Crippen LogP contribution in [0.25, 0.3) is 10.7 Å². The number of piperidine rings is 1. The Labute approximate surface area is 204 Å². The number of carbonyl (C=O) groups excluding carboxylic acids is 1. The third-order valence-electron chi connectivity index (χ3n) is 6.02. The van der Waals surface area contributed by atoms with Gasteiger partial charge in [0, 0.05) is 36.3 Å². The van der Waals surface area contributed by atoms with E-state index in [4.69, 9.17) is 4.52 Å². The number of nitrogens with zero attached hydrogens (tertiary/aromatic N) is 3. The van der Waals surface area contributed by atoms with Gasteiger partial charge < -0.3 is 9.84 Å². The second-order valence-corrected chi connectivity index (χ2v) is 12.2. The molecule has 10 heteroatoms. The number of carbonyl (C=O) groups is 1. The monoisotopic (exact) mass is 502 g/mol. The van der Waals surface area contributed by atoms with Gasteiger partial charge in [-0.2, -0.15) is 9.29 Å². The highest BCUT2D eigenvalue weighted by Crippen LogP contribution is 2.35. The second kappa shape index (κ2) is 9.97. The van der Waals surface area contributed by atoms with Gasteiger partial charge in [0.05, 0.1) is 9.77 Å². The fourth-order valence-corrected chi connectivity index (χ4v) is 7.01. The Bertz CT molecular complexity index is 1270. The van der Waals surface area contributed by atoms with Crippen LogP contribution in [0.15, 0.2) is 39.8 Å². The molecule has 1 aromatic carbocycles. The summed E-state index contributed by atoms with van der Waals surface area (Å²) >= 11 is 1.34. The standard InChI is InChI=1S/C24H30N4O4S2/c1-15(2)24-26-22(27-32-24)20-13-21(17(4)33-20)34(30,31)28-10-8-19(9-11-28)23(29)25-14-18-7-5-6-16(3)12-18/h5-7,12-13,15,19H,8-11,14H2,1-4H3,(H,25,29). The van der Waals surface area contributed by atoms with Crippen LogP contribution in [0, 0.1) is 19.8 Å². The molecule has 0 bridgehead atoms. The Kier molecular flexibility index (Phi) is 7.20. The summed E-state index contributed by atoms with van der Waals surface area (Å²) in [7, 11) is -3.67. The van der Waals surface area contributed by atoms with Crippen molar-refractivity contribution in [3.8, 4) is 10.7 Å². The molecule has 1 saturated heterocycles. The summed E-state index contributed by atoms with van der Waals surface area (Å²) in [6.07, 6.45) is 0.995. The van der Waals surface area contributed by atoms with Crippen molar-refractivity contribution in [2.24, 2.45) is 5.92 Å². The lowest BCUT2D eigenvalue weighted by atomic mass is 9.97. The number of aryl methyl sites for hydroxylation is 2. The van der Waals surface area contributed by atoms with Crippen LogP contribution < -0.4 is 5.32 Å². The van der Waals surface area contributed by atoms with Gasteiger partial charge >= 0.3 is 0 Å². The SMILES string of the molecule is Cc1cccc(CNC(=O)C2CCN(S(=O)(=O)c3cc(-c4noc(C(C)C)n4)sc3C)CC2)c1. The van der Waals surface area contributed by atoms with Crippen molar-refractivity contribution in [1.29, 1.82) is 0 Å². The molecule has 182 valence electrons. The molecule has 3 aromatic rings. The highest BCUT2D eigenvalue weighted by molar-refractivity contribution is 7.89. The first-order valence-electron chi connectivity index (χ1n) is 11.4. The van der Waals surface area contributed by atoms with E-state index in [1.807, 2.05) is 45.0 Å². The number of sulfonamides is 1. The van der Waals surface area contributed by atoms with Crippen molar-refractivity contribution in [2.45, 2.75) is 57.9 Å². The van der Waals surface area contributed by atoms with Crippen LogP contribution in [-0.4, -0.2) is 41.9 Å². The summed E-state index contributed by atoms with van der Waals surface area (Å²) in [5.41, 5.74) is 2.20. The average Bonchev–Trinajstić information content (AvgIpc) is 3.45. The first-order valence-corrected chi connectivity index (χ1v) is 13.7. The van der Waals surface area contributed by atoms with Gasteiger partial charge in [0.15, 0.2) is 0 Å². The lowest BCUT2D eigenvalue weighted by molar-refractivity contribution is -0.126. The van der Waals surface area contributed by atoms with E-state index in [-0.39, 0.29) is 22.6 Å². The fraction of sp³-hybridized carbons (Fsp3) is 0.458. The zero-order chi connectivity index (χ0) is 24.5. The third-order valence-corrected chi connectivity index (χ3v) is 9.22. The Balaban J connectivity index is 1.39. The van der Waals surface area contributed by atoms with E-state index in [9.17, 15) is 13.2 Å². The zero-order valence-corrected chi connectivity index (χ0v) is 21.5. The Morgan fingerprint density at radius 3 is 2.62 bits per heavy atom. The normalized spacial score (nSPS) is 15.7. The molecule has 2 aromatic heterocycles. The molecule has 1 aliphatic heterocycles. The number of hydrogen-bond acceptors (Lipinski definition) is 7. The van der Waals surface area contributed by atoms with Crippen LogP contribution in [0.4, 0.5) is 0 Å². The van der Waals surface area contributed by atoms with E-state index in [0.717, 1.165) is 11.1 Å². The maximum atomic E-state index is 13.4. The molecule has 0 radical (unpaired) electrons. The van der Waals surface area contributed by atoms with Crippen LogP contribution in [0.2, 0.25) is 0 Å². The van der Waals surface area contributed by atoms with Gasteiger partial charge in [-0.15, -0.1) is 11.3 Å². The lowest BCUT2D eigenvalue weighted by Crippen LogP contribution is -2.42. The first kappa shape index (κ1) is 24.6. The minimum Gasteiger partial charge on any atom is -0.352 e. The van der Waals surface area contributed by atoms with Crippen LogP contribution >= 0.6 is 11.3 Å². The van der Waals surface area contributed by atoms with Crippen LogP contribution in [0.1, 0.15) is 54.5 Å². The molecule has 0 atom stereocenters. The molecule has 8 nitrogen and oxygen atoms in total. The van der Waals surface area contributed by atoms with Crippen molar-refractivity contribution in [3.05, 3.63) is 52.2 Å². The third kappa shape index (κ3) is 5.24. The first-order chi connectivity index (χ1) is 16.1. The number of aromatic nitrogens is 2. The lowest BCUT2D eigenvalue weighted by Gasteiger charge is -2.30. The summed E-state index contributed by atoms with van der Waals surface area (Å²) < 4.78 is 33.5. The molecule has 4 rings (SSSR count). The highest BCUT2D eigenvalue weighted by Gasteiger charge is 2.34. The molecule has 34 heavy (non-hydrogen) atoms. The summed E-state index contributed by atoms with van der Waals surface area (Å²) in [5, 5.41) is 7.00. The van der Waals surface area contributed by atoms with Gasteiger partial charge in [-0.1, -0.05) is 48.8 Å². The molecule has 0 spiro atoms. The Hall–Kier alpha value is -2.56. The zero-order valence-electron chi connectivity index (χ0n) is 19.9. The molecule has 3 heterocycles. The van der Waals surface area contributed by atoms with E-state index in [1.54, 1.807) is 13.0 Å². The van der Waals surface area contributed by atoms with Gasteiger partial charge in [0.2, 0.25) is 27.6 Å². The number of rotatable bonds is 7. The van der Waals surface area contributed by atoms with Gasteiger partial charge in [0.25, 0.3) is 0 Å². The largest absolute Gasteiger partial charge is 0.352 e. The Morgan fingerprint density at radius 2 is 1.97 bits per heavy atom. The molecule has 1 fully saturated rings. The molecule has 1 amide bonds. The van der Waals surface area contributed by atoms with E-state index >= 15 is 0 Å². The van der Waals surface area contributed by atoms with Crippen molar-refractivity contribution in [2.75, 3.05) is 13.1 Å². The molecular formula is C24H30N4O4S2. The summed E-state index contributed by atoms with van der Waals surface area (Å²) in [5.74, 6) is 0.811. The number of nitrogens with one attached hydrogen (secondary N) is 1. The summed E-state index contributed by atoms with van der Waals surface area (Å²) in [6, 6.07) is 9.65. The number of hydrogen-bond donors (Lipinski definition) is 1. The van der Waals surface area contributed by atoms with Gasteiger partial charge in [-0.25, -0.2) is 8.42 Å². The topological polar surface area (TPSA) is 105 Å². The summed E-state index contributed by atoms with van der Waals surface area (Å²) in [4.78, 5) is 18.6. The number of amides is 1. The molecule has 0 unspecified atom stereocenters. The smallest absolute Gasteiger partial charge is 0.244 e. The Morgan fingerprint density at radius 1 is 1.24 bits per heavy atom. The maximum absolute atomic E-state index is 13.4. The predicted molar refractivity (Wildman–Crippen MR) is 131 cm³/mol. The average molecular weight is 503 g/mol. The molecular weight excluding hydrogens is 472 g/mol. The van der Waals surface area contributed by atoms with Crippen molar-refractivity contribution in [1.82, 2.24) is 19.8 Å². The highest BCUT2D eigenvalue weighted by atomic mass is 32.2. The van der Waals surface area contributed by atoms with Crippen LogP contribution in [-0.2, 0) is 21.4 Å². The minimum atomic E-state index is -3.67. The van der Waals surface area contributed by atoms with Crippen LogP contribution in [0.5, 0.6) is 0 Å². The number of benzene rings is 1. The van der Waals surface area contributed by atoms with Gasteiger partial charge in [0.1, 0.15) is 0 Å².